The lowest BCUT2D eigenvalue weighted by Crippen LogP contribution is -2.08. The van der Waals surface area contributed by atoms with Gasteiger partial charge in [0.2, 0.25) is 0 Å². The maximum atomic E-state index is 10.9. The summed E-state index contributed by atoms with van der Waals surface area (Å²) in [5.41, 5.74) is 2.20. The molecular weight excluding hydrogens is 216 g/mol. The second kappa shape index (κ2) is 4.78. The van der Waals surface area contributed by atoms with Crippen molar-refractivity contribution in [3.8, 4) is 5.75 Å². The molecule has 0 amide bonds. The van der Waals surface area contributed by atoms with Gasteiger partial charge in [0.1, 0.15) is 5.75 Å². The minimum absolute atomic E-state index is 0.164. The first-order chi connectivity index (χ1) is 8.11. The van der Waals surface area contributed by atoms with Gasteiger partial charge in [0, 0.05) is 0 Å². The zero-order chi connectivity index (χ0) is 12.4. The summed E-state index contributed by atoms with van der Waals surface area (Å²) in [5.74, 6) is 0.866. The highest BCUT2D eigenvalue weighted by Crippen LogP contribution is 2.45. The van der Waals surface area contributed by atoms with Gasteiger partial charge in [-0.25, -0.2) is 0 Å². The van der Waals surface area contributed by atoms with Crippen LogP contribution in [0.5, 0.6) is 5.75 Å². The van der Waals surface area contributed by atoms with E-state index in [1.807, 2.05) is 19.1 Å². The van der Waals surface area contributed by atoms with Crippen molar-refractivity contribution in [1.82, 2.24) is 0 Å². The van der Waals surface area contributed by atoms with E-state index < -0.39 is 5.97 Å². The summed E-state index contributed by atoms with van der Waals surface area (Å²) in [6.45, 7) is 1.99. The highest BCUT2D eigenvalue weighted by molar-refractivity contribution is 5.68. The maximum Gasteiger partial charge on any atom is 0.303 e. The number of benzene rings is 1. The van der Waals surface area contributed by atoms with Crippen molar-refractivity contribution in [2.75, 3.05) is 7.11 Å². The highest BCUT2D eigenvalue weighted by atomic mass is 16.5. The summed E-state index contributed by atoms with van der Waals surface area (Å²) in [6.07, 6.45) is 2.54. The molecule has 17 heavy (non-hydrogen) atoms. The van der Waals surface area contributed by atoms with Crippen molar-refractivity contribution in [2.45, 2.75) is 32.1 Å². The van der Waals surface area contributed by atoms with Gasteiger partial charge in [-0.05, 0) is 48.8 Å². The number of aryl methyl sites for hydroxylation is 1. The number of hydrogen-bond acceptors (Lipinski definition) is 2. The molecule has 3 heteroatoms. The number of carboxylic acid groups (broad SMARTS) is 1. The van der Waals surface area contributed by atoms with E-state index in [9.17, 15) is 4.79 Å². The Labute approximate surface area is 101 Å². The van der Waals surface area contributed by atoms with Gasteiger partial charge in [-0.2, -0.15) is 0 Å². The van der Waals surface area contributed by atoms with Crippen LogP contribution in [0.2, 0.25) is 0 Å². The van der Waals surface area contributed by atoms with Crippen molar-refractivity contribution in [3.05, 3.63) is 29.3 Å². The molecular formula is C14H18O3. The Morgan fingerprint density at radius 1 is 1.53 bits per heavy atom. The minimum Gasteiger partial charge on any atom is -0.496 e. The van der Waals surface area contributed by atoms with Crippen LogP contribution in [-0.2, 0) is 4.79 Å². The van der Waals surface area contributed by atoms with Gasteiger partial charge < -0.3 is 9.84 Å². The number of hydrogen-bond donors (Lipinski definition) is 1. The van der Waals surface area contributed by atoms with Crippen LogP contribution in [0.25, 0.3) is 0 Å². The van der Waals surface area contributed by atoms with E-state index in [-0.39, 0.29) is 12.3 Å². The van der Waals surface area contributed by atoms with Crippen molar-refractivity contribution < 1.29 is 14.6 Å². The molecule has 0 saturated heterocycles. The van der Waals surface area contributed by atoms with E-state index in [2.05, 4.69) is 6.07 Å². The van der Waals surface area contributed by atoms with E-state index in [1.165, 1.54) is 0 Å². The first-order valence-corrected chi connectivity index (χ1v) is 5.98. The highest BCUT2D eigenvalue weighted by Gasteiger charge is 2.33. The molecule has 0 heterocycles. The third-order valence-electron chi connectivity index (χ3n) is 3.43. The lowest BCUT2D eigenvalue weighted by Gasteiger charge is -2.16. The van der Waals surface area contributed by atoms with Gasteiger partial charge in [0.25, 0.3) is 0 Å². The Balaban J connectivity index is 2.23. The zero-order valence-electron chi connectivity index (χ0n) is 10.3. The van der Waals surface area contributed by atoms with Crippen LogP contribution in [0.4, 0.5) is 0 Å². The van der Waals surface area contributed by atoms with E-state index in [0.717, 1.165) is 29.7 Å². The molecule has 0 radical (unpaired) electrons. The smallest absolute Gasteiger partial charge is 0.303 e. The molecule has 0 bridgehead atoms. The molecule has 0 unspecified atom stereocenters. The largest absolute Gasteiger partial charge is 0.496 e. The molecule has 1 aromatic rings. The van der Waals surface area contributed by atoms with Crippen LogP contribution in [0.15, 0.2) is 18.2 Å². The summed E-state index contributed by atoms with van der Waals surface area (Å²) in [6, 6.07) is 5.99. The van der Waals surface area contributed by atoms with Crippen LogP contribution >= 0.6 is 0 Å². The molecule has 1 saturated carbocycles. The first-order valence-electron chi connectivity index (χ1n) is 5.98. The number of rotatable bonds is 5. The normalized spacial score (nSPS) is 16.6. The molecule has 1 aromatic carbocycles. The SMILES string of the molecule is COc1ccc([C@@H](CC(=O)O)C2CC2)cc1C. The fraction of sp³-hybridized carbons (Fsp3) is 0.500. The summed E-state index contributed by atoms with van der Waals surface area (Å²) < 4.78 is 5.22. The van der Waals surface area contributed by atoms with Crippen LogP contribution in [0, 0.1) is 12.8 Å². The number of aliphatic carboxylic acids is 1. The minimum atomic E-state index is -0.713. The summed E-state index contributed by atoms with van der Waals surface area (Å²) in [5, 5.41) is 8.97. The maximum absolute atomic E-state index is 10.9. The predicted molar refractivity (Wildman–Crippen MR) is 65.4 cm³/mol. The molecule has 3 nitrogen and oxygen atoms in total. The Bertz CT molecular complexity index is 421. The average Bonchev–Trinajstić information content (AvgIpc) is 3.09. The molecule has 2 rings (SSSR count). The van der Waals surface area contributed by atoms with Gasteiger partial charge in [0.05, 0.1) is 13.5 Å². The van der Waals surface area contributed by atoms with Crippen molar-refractivity contribution >= 4 is 5.97 Å². The predicted octanol–water partition coefficient (Wildman–Crippen LogP) is 2.97. The third-order valence-corrected chi connectivity index (χ3v) is 3.43. The van der Waals surface area contributed by atoms with Crippen LogP contribution in [0.1, 0.15) is 36.3 Å². The molecule has 0 spiro atoms. The van der Waals surface area contributed by atoms with Crippen molar-refractivity contribution in [2.24, 2.45) is 5.92 Å². The Morgan fingerprint density at radius 2 is 2.24 bits per heavy atom. The standard InChI is InChI=1S/C14H18O3/c1-9-7-11(5-6-13(9)17-2)12(8-14(15)16)10-3-4-10/h5-7,10,12H,3-4,8H2,1-2H3,(H,15,16)/t12-/m0/s1. The third kappa shape index (κ3) is 2.78. The molecule has 0 aliphatic heterocycles. The van der Waals surface area contributed by atoms with Crippen LogP contribution in [-0.4, -0.2) is 18.2 Å². The monoisotopic (exact) mass is 234 g/mol. The van der Waals surface area contributed by atoms with Crippen LogP contribution < -0.4 is 4.74 Å². The van der Waals surface area contributed by atoms with Crippen molar-refractivity contribution in [3.63, 3.8) is 0 Å². The fourth-order valence-electron chi connectivity index (χ4n) is 2.38. The second-order valence-electron chi connectivity index (χ2n) is 4.77. The van der Waals surface area contributed by atoms with Gasteiger partial charge in [-0.3, -0.25) is 4.79 Å². The van der Waals surface area contributed by atoms with E-state index in [4.69, 9.17) is 9.84 Å². The lowest BCUT2D eigenvalue weighted by atomic mass is 9.90. The second-order valence-corrected chi connectivity index (χ2v) is 4.77. The molecule has 1 fully saturated rings. The Morgan fingerprint density at radius 3 is 2.71 bits per heavy atom. The van der Waals surface area contributed by atoms with Gasteiger partial charge in [-0.15, -0.1) is 0 Å². The summed E-state index contributed by atoms with van der Waals surface area (Å²) >= 11 is 0. The molecule has 0 aromatic heterocycles. The number of ether oxygens (including phenoxy) is 1. The zero-order valence-corrected chi connectivity index (χ0v) is 10.3. The van der Waals surface area contributed by atoms with E-state index in [1.54, 1.807) is 7.11 Å². The Kier molecular flexibility index (Phi) is 3.36. The van der Waals surface area contributed by atoms with Crippen molar-refractivity contribution in [1.29, 1.82) is 0 Å². The number of carbonyl (C=O) groups is 1. The molecule has 1 aliphatic rings. The summed E-state index contributed by atoms with van der Waals surface area (Å²) in [4.78, 5) is 10.9. The average molecular weight is 234 g/mol. The van der Waals surface area contributed by atoms with Gasteiger partial charge in [-0.1, -0.05) is 12.1 Å². The van der Waals surface area contributed by atoms with Gasteiger partial charge >= 0.3 is 5.97 Å². The first kappa shape index (κ1) is 12.0. The fourth-order valence-corrected chi connectivity index (χ4v) is 2.38. The molecule has 1 N–H and O–H groups in total. The molecule has 1 aliphatic carbocycles. The lowest BCUT2D eigenvalue weighted by molar-refractivity contribution is -0.137. The Hall–Kier alpha value is -1.51. The van der Waals surface area contributed by atoms with Gasteiger partial charge in [0.15, 0.2) is 0 Å². The van der Waals surface area contributed by atoms with E-state index >= 15 is 0 Å². The number of methoxy groups -OCH3 is 1. The molecule has 92 valence electrons. The number of carboxylic acids is 1. The van der Waals surface area contributed by atoms with Crippen LogP contribution in [0.3, 0.4) is 0 Å². The quantitative estimate of drug-likeness (QED) is 0.852. The molecule has 1 atom stereocenters. The topological polar surface area (TPSA) is 46.5 Å². The van der Waals surface area contributed by atoms with E-state index in [0.29, 0.717) is 5.92 Å². The summed E-state index contributed by atoms with van der Waals surface area (Å²) in [7, 11) is 1.65.